The molecule has 1 aliphatic rings. The standard InChI is InChI=1S/C26H41N3O4/c1-7-15-29(22(30)17-27-25(32)33-26(4,5)6)23(21-14-13-18(2)16-19(21)3)24(31)28-20-11-9-8-10-12-20/h13-14,16,20,23H,7-12,15,17H2,1-6H3,(H,27,32)(H,28,31). The number of nitrogens with zero attached hydrogens (tertiary/aromatic N) is 1. The number of carbonyl (C=O) groups is 3. The first kappa shape index (κ1) is 26.7. The van der Waals surface area contributed by atoms with Crippen molar-refractivity contribution in [2.24, 2.45) is 0 Å². The molecule has 1 fully saturated rings. The number of amides is 3. The van der Waals surface area contributed by atoms with Crippen molar-refractivity contribution in [2.75, 3.05) is 13.1 Å². The Kier molecular flexibility index (Phi) is 9.74. The Hall–Kier alpha value is -2.57. The molecule has 0 aliphatic heterocycles. The van der Waals surface area contributed by atoms with E-state index in [9.17, 15) is 14.4 Å². The smallest absolute Gasteiger partial charge is 0.408 e. The Balaban J connectivity index is 2.28. The van der Waals surface area contributed by atoms with Gasteiger partial charge in [0.2, 0.25) is 11.8 Å². The van der Waals surface area contributed by atoms with E-state index in [1.807, 2.05) is 39.0 Å². The number of hydrogen-bond donors (Lipinski definition) is 2. The van der Waals surface area contributed by atoms with Gasteiger partial charge in [0.25, 0.3) is 0 Å². The number of benzene rings is 1. The molecular formula is C26H41N3O4. The Bertz CT molecular complexity index is 825. The van der Waals surface area contributed by atoms with Crippen LogP contribution >= 0.6 is 0 Å². The van der Waals surface area contributed by atoms with Crippen LogP contribution in [-0.4, -0.2) is 47.5 Å². The fourth-order valence-corrected chi connectivity index (χ4v) is 4.31. The van der Waals surface area contributed by atoms with Crippen molar-refractivity contribution < 1.29 is 19.1 Å². The highest BCUT2D eigenvalue weighted by Gasteiger charge is 2.33. The molecule has 0 radical (unpaired) electrons. The Labute approximate surface area is 198 Å². The first-order chi connectivity index (χ1) is 15.5. The van der Waals surface area contributed by atoms with Crippen LogP contribution in [0.15, 0.2) is 18.2 Å². The van der Waals surface area contributed by atoms with Gasteiger partial charge in [-0.1, -0.05) is 49.9 Å². The maximum atomic E-state index is 13.6. The second kappa shape index (κ2) is 12.1. The second-order valence-corrected chi connectivity index (χ2v) is 10.0. The summed E-state index contributed by atoms with van der Waals surface area (Å²) in [5, 5.41) is 5.75. The van der Waals surface area contributed by atoms with Crippen LogP contribution in [0.25, 0.3) is 0 Å². The van der Waals surface area contributed by atoms with Gasteiger partial charge >= 0.3 is 6.09 Å². The Morgan fingerprint density at radius 1 is 1.12 bits per heavy atom. The third-order valence-electron chi connectivity index (χ3n) is 5.80. The molecule has 1 atom stereocenters. The number of nitrogens with one attached hydrogen (secondary N) is 2. The van der Waals surface area contributed by atoms with E-state index < -0.39 is 17.7 Å². The highest BCUT2D eigenvalue weighted by Crippen LogP contribution is 2.27. The molecular weight excluding hydrogens is 418 g/mol. The molecule has 1 aromatic rings. The molecule has 3 amide bonds. The monoisotopic (exact) mass is 459 g/mol. The van der Waals surface area contributed by atoms with Crippen molar-refractivity contribution in [3.05, 3.63) is 34.9 Å². The van der Waals surface area contributed by atoms with Gasteiger partial charge in [-0.3, -0.25) is 9.59 Å². The van der Waals surface area contributed by atoms with Gasteiger partial charge in [0, 0.05) is 12.6 Å². The summed E-state index contributed by atoms with van der Waals surface area (Å²) < 4.78 is 5.25. The zero-order valence-corrected chi connectivity index (χ0v) is 21.1. The fraction of sp³-hybridized carbons (Fsp3) is 0.654. The van der Waals surface area contributed by atoms with Crippen LogP contribution in [0.3, 0.4) is 0 Å². The summed E-state index contributed by atoms with van der Waals surface area (Å²) in [6, 6.07) is 5.33. The lowest BCUT2D eigenvalue weighted by Crippen LogP contribution is -2.50. The maximum absolute atomic E-state index is 13.6. The topological polar surface area (TPSA) is 87.7 Å². The van der Waals surface area contributed by atoms with Gasteiger partial charge in [0.15, 0.2) is 0 Å². The molecule has 0 heterocycles. The van der Waals surface area contributed by atoms with Gasteiger partial charge in [-0.2, -0.15) is 0 Å². The van der Waals surface area contributed by atoms with Crippen LogP contribution < -0.4 is 10.6 Å². The SMILES string of the molecule is CCCN(C(=O)CNC(=O)OC(C)(C)C)C(C(=O)NC1CCCCC1)c1ccc(C)cc1C. The number of carbonyl (C=O) groups excluding carboxylic acids is 3. The molecule has 0 aromatic heterocycles. The van der Waals surface area contributed by atoms with E-state index in [4.69, 9.17) is 4.74 Å². The first-order valence-corrected chi connectivity index (χ1v) is 12.2. The van der Waals surface area contributed by atoms with Crippen LogP contribution in [0.1, 0.15) is 89.0 Å². The van der Waals surface area contributed by atoms with E-state index in [2.05, 4.69) is 10.6 Å². The quantitative estimate of drug-likeness (QED) is 0.597. The number of rotatable bonds is 8. The summed E-state index contributed by atoms with van der Waals surface area (Å²) in [6.07, 6.45) is 5.38. The van der Waals surface area contributed by atoms with E-state index in [0.717, 1.165) is 42.4 Å². The third-order valence-corrected chi connectivity index (χ3v) is 5.80. The van der Waals surface area contributed by atoms with Gasteiger partial charge in [0.05, 0.1) is 0 Å². The van der Waals surface area contributed by atoms with Crippen molar-refractivity contribution in [1.29, 1.82) is 0 Å². The van der Waals surface area contributed by atoms with Crippen LogP contribution in [0, 0.1) is 13.8 Å². The number of ether oxygens (including phenoxy) is 1. The van der Waals surface area contributed by atoms with Crippen molar-refractivity contribution >= 4 is 17.9 Å². The summed E-state index contributed by atoms with van der Waals surface area (Å²) >= 11 is 0. The first-order valence-electron chi connectivity index (χ1n) is 12.2. The molecule has 0 bridgehead atoms. The molecule has 0 saturated heterocycles. The van der Waals surface area contributed by atoms with Crippen molar-refractivity contribution in [3.63, 3.8) is 0 Å². The molecule has 7 heteroatoms. The number of hydrogen-bond acceptors (Lipinski definition) is 4. The highest BCUT2D eigenvalue weighted by atomic mass is 16.6. The van der Waals surface area contributed by atoms with E-state index in [0.29, 0.717) is 13.0 Å². The highest BCUT2D eigenvalue weighted by molar-refractivity contribution is 5.90. The third kappa shape index (κ3) is 8.37. The van der Waals surface area contributed by atoms with Gasteiger partial charge in [-0.25, -0.2) is 4.79 Å². The second-order valence-electron chi connectivity index (χ2n) is 10.0. The van der Waals surface area contributed by atoms with E-state index in [1.54, 1.807) is 25.7 Å². The largest absolute Gasteiger partial charge is 0.444 e. The van der Waals surface area contributed by atoms with Crippen molar-refractivity contribution in [1.82, 2.24) is 15.5 Å². The Morgan fingerprint density at radius 2 is 1.79 bits per heavy atom. The molecule has 1 aliphatic carbocycles. The zero-order valence-electron chi connectivity index (χ0n) is 21.1. The Morgan fingerprint density at radius 3 is 2.36 bits per heavy atom. The summed E-state index contributed by atoms with van der Waals surface area (Å²) in [5.41, 5.74) is 2.22. The molecule has 7 nitrogen and oxygen atoms in total. The lowest BCUT2D eigenvalue weighted by Gasteiger charge is -2.34. The van der Waals surface area contributed by atoms with Crippen LogP contribution in [-0.2, 0) is 14.3 Å². The van der Waals surface area contributed by atoms with Crippen molar-refractivity contribution in [2.45, 2.75) is 97.8 Å². The minimum Gasteiger partial charge on any atom is -0.444 e. The number of alkyl carbamates (subject to hydrolysis) is 1. The number of aryl methyl sites for hydroxylation is 2. The van der Waals surface area contributed by atoms with E-state index in [1.165, 1.54) is 6.42 Å². The minimum absolute atomic E-state index is 0.137. The van der Waals surface area contributed by atoms with Gasteiger partial charge in [-0.05, 0) is 65.0 Å². The summed E-state index contributed by atoms with van der Waals surface area (Å²) in [5.74, 6) is -0.473. The molecule has 1 aromatic carbocycles. The molecule has 2 N–H and O–H groups in total. The molecule has 2 rings (SSSR count). The summed E-state index contributed by atoms with van der Waals surface area (Å²) in [7, 11) is 0. The lowest BCUT2D eigenvalue weighted by molar-refractivity contribution is -0.140. The van der Waals surface area contributed by atoms with Gasteiger partial charge in [-0.15, -0.1) is 0 Å². The minimum atomic E-state index is -0.750. The molecule has 184 valence electrons. The molecule has 0 spiro atoms. The summed E-state index contributed by atoms with van der Waals surface area (Å²) in [6.45, 7) is 11.4. The fourth-order valence-electron chi connectivity index (χ4n) is 4.31. The van der Waals surface area contributed by atoms with Crippen LogP contribution in [0.5, 0.6) is 0 Å². The van der Waals surface area contributed by atoms with Crippen LogP contribution in [0.4, 0.5) is 4.79 Å². The average Bonchev–Trinajstić information content (AvgIpc) is 2.72. The molecule has 33 heavy (non-hydrogen) atoms. The zero-order chi connectivity index (χ0) is 24.6. The molecule has 1 unspecified atom stereocenters. The van der Waals surface area contributed by atoms with Gasteiger partial charge in [0.1, 0.15) is 18.2 Å². The molecule has 1 saturated carbocycles. The van der Waals surface area contributed by atoms with E-state index in [-0.39, 0.29) is 24.4 Å². The predicted octanol–water partition coefficient (Wildman–Crippen LogP) is 4.56. The normalized spacial score (nSPS) is 15.5. The van der Waals surface area contributed by atoms with E-state index >= 15 is 0 Å². The maximum Gasteiger partial charge on any atom is 0.408 e. The lowest BCUT2D eigenvalue weighted by atomic mass is 9.93. The van der Waals surface area contributed by atoms with Crippen molar-refractivity contribution in [3.8, 4) is 0 Å². The van der Waals surface area contributed by atoms with Crippen LogP contribution in [0.2, 0.25) is 0 Å². The predicted molar refractivity (Wildman–Crippen MR) is 130 cm³/mol. The summed E-state index contributed by atoms with van der Waals surface area (Å²) in [4.78, 5) is 40.5. The van der Waals surface area contributed by atoms with Gasteiger partial charge < -0.3 is 20.3 Å². The average molecular weight is 460 g/mol.